The van der Waals surface area contributed by atoms with E-state index in [4.69, 9.17) is 5.11 Å². The maximum atomic E-state index is 11.5. The van der Waals surface area contributed by atoms with E-state index in [9.17, 15) is 14.4 Å². The highest BCUT2D eigenvalue weighted by atomic mass is 16.3. The number of carbonyl (C=O) groups excluding carboxylic acids is 3. The van der Waals surface area contributed by atoms with Gasteiger partial charge in [0, 0.05) is 19.7 Å². The largest absolute Gasteiger partial charge is 0.396 e. The van der Waals surface area contributed by atoms with Gasteiger partial charge in [-0.25, -0.2) is 4.79 Å². The standard InChI is InChI=1S/C10H17N3O4/c1-7(3-4-14)11-8(15)5-13-9(16)6-12(2)10(13)17/h7,14H,3-6H2,1-2H3,(H,11,15). The highest BCUT2D eigenvalue weighted by Crippen LogP contribution is 2.06. The minimum absolute atomic E-state index is 0.0122. The molecule has 1 atom stereocenters. The second-order valence-electron chi connectivity index (χ2n) is 4.10. The Hall–Kier alpha value is -1.63. The van der Waals surface area contributed by atoms with Crippen LogP contribution in [0.25, 0.3) is 0 Å². The van der Waals surface area contributed by atoms with Gasteiger partial charge in [0.15, 0.2) is 0 Å². The van der Waals surface area contributed by atoms with Gasteiger partial charge in [0.05, 0.1) is 0 Å². The molecule has 1 fully saturated rings. The number of aliphatic hydroxyl groups excluding tert-OH is 1. The fraction of sp³-hybridized carbons (Fsp3) is 0.700. The van der Waals surface area contributed by atoms with E-state index < -0.39 is 11.9 Å². The lowest BCUT2D eigenvalue weighted by Gasteiger charge is -2.16. The molecule has 0 aromatic heterocycles. The number of likely N-dealkylation sites (N-methyl/N-ethyl adjacent to an activating group) is 1. The Morgan fingerprint density at radius 2 is 2.18 bits per heavy atom. The minimum atomic E-state index is -0.458. The topological polar surface area (TPSA) is 89.9 Å². The molecule has 0 bridgehead atoms. The molecule has 7 nitrogen and oxygen atoms in total. The van der Waals surface area contributed by atoms with Crippen LogP contribution in [0.3, 0.4) is 0 Å². The molecular weight excluding hydrogens is 226 g/mol. The Morgan fingerprint density at radius 1 is 1.53 bits per heavy atom. The van der Waals surface area contributed by atoms with Gasteiger partial charge in [-0.2, -0.15) is 0 Å². The van der Waals surface area contributed by atoms with Crippen molar-refractivity contribution < 1.29 is 19.5 Å². The fourth-order valence-corrected chi connectivity index (χ4v) is 1.55. The molecule has 1 rings (SSSR count). The van der Waals surface area contributed by atoms with Gasteiger partial charge in [0.2, 0.25) is 5.91 Å². The van der Waals surface area contributed by atoms with E-state index in [1.807, 2.05) is 0 Å². The number of urea groups is 1. The molecule has 1 saturated heterocycles. The Bertz CT molecular complexity index is 332. The molecule has 1 aliphatic rings. The number of nitrogens with zero attached hydrogens (tertiary/aromatic N) is 2. The van der Waals surface area contributed by atoms with Crippen LogP contribution in [0.2, 0.25) is 0 Å². The molecule has 0 saturated carbocycles. The van der Waals surface area contributed by atoms with E-state index in [-0.39, 0.29) is 31.6 Å². The normalized spacial score (nSPS) is 17.6. The molecule has 0 aliphatic carbocycles. The summed E-state index contributed by atoms with van der Waals surface area (Å²) in [5.74, 6) is -0.773. The van der Waals surface area contributed by atoms with Crippen molar-refractivity contribution in [1.82, 2.24) is 15.1 Å². The summed E-state index contributed by atoms with van der Waals surface area (Å²) in [5, 5.41) is 11.3. The van der Waals surface area contributed by atoms with Crippen LogP contribution in [0.1, 0.15) is 13.3 Å². The number of carbonyl (C=O) groups is 3. The number of hydrogen-bond donors (Lipinski definition) is 2. The smallest absolute Gasteiger partial charge is 0.327 e. The summed E-state index contributed by atoms with van der Waals surface area (Å²) >= 11 is 0. The Labute approximate surface area is 99.4 Å². The molecule has 0 radical (unpaired) electrons. The highest BCUT2D eigenvalue weighted by molar-refractivity contribution is 6.04. The average molecular weight is 243 g/mol. The second kappa shape index (κ2) is 5.62. The van der Waals surface area contributed by atoms with E-state index in [1.54, 1.807) is 6.92 Å². The van der Waals surface area contributed by atoms with Crippen molar-refractivity contribution in [1.29, 1.82) is 0 Å². The van der Waals surface area contributed by atoms with Crippen molar-refractivity contribution in [2.75, 3.05) is 26.7 Å². The average Bonchev–Trinajstić information content (AvgIpc) is 2.45. The molecule has 0 aromatic carbocycles. The molecule has 4 amide bonds. The third kappa shape index (κ3) is 3.42. The van der Waals surface area contributed by atoms with Crippen molar-refractivity contribution in [2.24, 2.45) is 0 Å². The first-order chi connectivity index (χ1) is 7.95. The SMILES string of the molecule is CC(CCO)NC(=O)CN1C(=O)CN(C)C1=O. The van der Waals surface area contributed by atoms with Crippen LogP contribution < -0.4 is 5.32 Å². The summed E-state index contributed by atoms with van der Waals surface area (Å²) in [6.45, 7) is 1.47. The molecule has 1 aliphatic heterocycles. The minimum Gasteiger partial charge on any atom is -0.396 e. The number of nitrogens with one attached hydrogen (secondary N) is 1. The van der Waals surface area contributed by atoms with Crippen LogP contribution in [0, 0.1) is 0 Å². The first-order valence-electron chi connectivity index (χ1n) is 5.41. The van der Waals surface area contributed by atoms with E-state index >= 15 is 0 Å². The zero-order chi connectivity index (χ0) is 13.0. The quantitative estimate of drug-likeness (QED) is 0.591. The van der Waals surface area contributed by atoms with Gasteiger partial charge in [0.1, 0.15) is 13.1 Å². The van der Waals surface area contributed by atoms with Crippen LogP contribution >= 0.6 is 0 Å². The predicted molar refractivity (Wildman–Crippen MR) is 59.0 cm³/mol. The van der Waals surface area contributed by atoms with E-state index in [0.717, 1.165) is 4.90 Å². The van der Waals surface area contributed by atoms with Crippen LogP contribution in [-0.2, 0) is 9.59 Å². The molecule has 2 N–H and O–H groups in total. The Balaban J connectivity index is 2.46. The summed E-state index contributed by atoms with van der Waals surface area (Å²) in [7, 11) is 1.51. The van der Waals surface area contributed by atoms with Gasteiger partial charge >= 0.3 is 6.03 Å². The van der Waals surface area contributed by atoms with Crippen LogP contribution in [-0.4, -0.2) is 65.5 Å². The summed E-state index contributed by atoms with van der Waals surface area (Å²) in [6, 6.07) is -0.641. The maximum absolute atomic E-state index is 11.5. The molecule has 17 heavy (non-hydrogen) atoms. The van der Waals surface area contributed by atoms with Gasteiger partial charge in [-0.15, -0.1) is 0 Å². The number of aliphatic hydroxyl groups is 1. The second-order valence-corrected chi connectivity index (χ2v) is 4.10. The van der Waals surface area contributed by atoms with Crippen molar-refractivity contribution in [3.63, 3.8) is 0 Å². The maximum Gasteiger partial charge on any atom is 0.327 e. The van der Waals surface area contributed by atoms with Crippen molar-refractivity contribution in [3.8, 4) is 0 Å². The molecule has 7 heteroatoms. The van der Waals surface area contributed by atoms with Crippen LogP contribution in [0.15, 0.2) is 0 Å². The lowest BCUT2D eigenvalue weighted by Crippen LogP contribution is -2.43. The van der Waals surface area contributed by atoms with Crippen LogP contribution in [0.4, 0.5) is 4.79 Å². The van der Waals surface area contributed by atoms with Gasteiger partial charge in [-0.3, -0.25) is 14.5 Å². The zero-order valence-corrected chi connectivity index (χ0v) is 9.97. The molecule has 96 valence electrons. The summed E-state index contributed by atoms with van der Waals surface area (Å²) in [5.41, 5.74) is 0. The Kier molecular flexibility index (Phi) is 4.45. The van der Waals surface area contributed by atoms with Gasteiger partial charge in [-0.05, 0) is 13.3 Å². The van der Waals surface area contributed by atoms with E-state index in [0.29, 0.717) is 6.42 Å². The predicted octanol–water partition coefficient (Wildman–Crippen LogP) is -1.23. The summed E-state index contributed by atoms with van der Waals surface area (Å²) < 4.78 is 0. The third-order valence-electron chi connectivity index (χ3n) is 2.50. The third-order valence-corrected chi connectivity index (χ3v) is 2.50. The highest BCUT2D eigenvalue weighted by Gasteiger charge is 2.34. The monoisotopic (exact) mass is 243 g/mol. The first-order valence-corrected chi connectivity index (χ1v) is 5.41. The molecule has 0 aromatic rings. The molecule has 1 heterocycles. The number of imide groups is 1. The Morgan fingerprint density at radius 3 is 2.65 bits per heavy atom. The van der Waals surface area contributed by atoms with Crippen molar-refractivity contribution in [2.45, 2.75) is 19.4 Å². The van der Waals surface area contributed by atoms with E-state index in [2.05, 4.69) is 5.32 Å². The van der Waals surface area contributed by atoms with Gasteiger partial charge in [-0.1, -0.05) is 0 Å². The molecular formula is C10H17N3O4. The van der Waals surface area contributed by atoms with Gasteiger partial charge < -0.3 is 15.3 Å². The lowest BCUT2D eigenvalue weighted by atomic mass is 10.2. The number of hydrogen-bond acceptors (Lipinski definition) is 4. The van der Waals surface area contributed by atoms with Crippen molar-refractivity contribution >= 4 is 17.8 Å². The van der Waals surface area contributed by atoms with Gasteiger partial charge in [0.25, 0.3) is 5.91 Å². The zero-order valence-electron chi connectivity index (χ0n) is 9.97. The van der Waals surface area contributed by atoms with Crippen LogP contribution in [0.5, 0.6) is 0 Å². The molecule has 1 unspecified atom stereocenters. The first kappa shape index (κ1) is 13.4. The fourth-order valence-electron chi connectivity index (χ4n) is 1.55. The summed E-state index contributed by atoms with van der Waals surface area (Å²) in [4.78, 5) is 36.6. The summed E-state index contributed by atoms with van der Waals surface area (Å²) in [6.07, 6.45) is 0.438. The molecule has 0 spiro atoms. The lowest BCUT2D eigenvalue weighted by molar-refractivity contribution is -0.131. The van der Waals surface area contributed by atoms with Crippen molar-refractivity contribution in [3.05, 3.63) is 0 Å². The number of rotatable bonds is 5. The number of amides is 4. The van der Waals surface area contributed by atoms with E-state index in [1.165, 1.54) is 11.9 Å².